The van der Waals surface area contributed by atoms with Crippen LogP contribution in [0.4, 0.5) is 9.59 Å². The van der Waals surface area contributed by atoms with Crippen LogP contribution in [0.15, 0.2) is 0 Å². The van der Waals surface area contributed by atoms with Gasteiger partial charge in [-0.05, 0) is 47.0 Å². The van der Waals surface area contributed by atoms with Crippen molar-refractivity contribution >= 4 is 12.2 Å². The molecule has 2 amide bonds. The summed E-state index contributed by atoms with van der Waals surface area (Å²) in [4.78, 5) is 25.1. The minimum atomic E-state index is -0.470. The summed E-state index contributed by atoms with van der Waals surface area (Å²) >= 11 is 0. The average molecular weight is 327 g/mol. The molecule has 1 saturated carbocycles. The minimum absolute atomic E-state index is 0.146. The van der Waals surface area contributed by atoms with Crippen LogP contribution in [-0.2, 0) is 9.47 Å². The van der Waals surface area contributed by atoms with Crippen LogP contribution in [0, 0.1) is 0 Å². The molecule has 2 N–H and O–H groups in total. The topological polar surface area (TPSA) is 79.9 Å². The summed E-state index contributed by atoms with van der Waals surface area (Å²) in [6.45, 7) is 9.22. The molecule has 2 rings (SSSR count). The fourth-order valence-electron chi connectivity index (χ4n) is 2.74. The van der Waals surface area contributed by atoms with E-state index in [1.54, 1.807) is 4.90 Å². The summed E-state index contributed by atoms with van der Waals surface area (Å²) in [7, 11) is 0. The van der Waals surface area contributed by atoms with Gasteiger partial charge in [0, 0.05) is 31.2 Å². The van der Waals surface area contributed by atoms with Crippen molar-refractivity contribution in [3.05, 3.63) is 0 Å². The number of alkyl carbamates (subject to hydrolysis) is 1. The van der Waals surface area contributed by atoms with Gasteiger partial charge in [-0.3, -0.25) is 0 Å². The SMILES string of the molecule is CCOC(=O)N1CCC(NC2CC2NC(=O)OC(C)(C)C)CC1. The van der Waals surface area contributed by atoms with Crippen LogP contribution in [0.1, 0.15) is 47.0 Å². The van der Waals surface area contributed by atoms with Crippen LogP contribution in [0.25, 0.3) is 0 Å². The van der Waals surface area contributed by atoms with Crippen LogP contribution in [0.3, 0.4) is 0 Å². The fraction of sp³-hybridized carbons (Fsp3) is 0.875. The first-order valence-electron chi connectivity index (χ1n) is 8.45. The molecule has 23 heavy (non-hydrogen) atoms. The Balaban J connectivity index is 1.63. The Morgan fingerprint density at radius 3 is 2.39 bits per heavy atom. The molecule has 7 nitrogen and oxygen atoms in total. The molecule has 132 valence electrons. The number of amides is 2. The molecular weight excluding hydrogens is 298 g/mol. The molecule has 2 fully saturated rings. The maximum atomic E-state index is 11.7. The molecule has 7 heteroatoms. The van der Waals surface area contributed by atoms with Crippen LogP contribution < -0.4 is 10.6 Å². The molecule has 0 spiro atoms. The zero-order valence-corrected chi connectivity index (χ0v) is 14.6. The average Bonchev–Trinajstić information content (AvgIpc) is 3.15. The summed E-state index contributed by atoms with van der Waals surface area (Å²) in [5.74, 6) is 0. The fourth-order valence-corrected chi connectivity index (χ4v) is 2.74. The van der Waals surface area contributed by atoms with E-state index in [4.69, 9.17) is 9.47 Å². The van der Waals surface area contributed by atoms with Crippen molar-refractivity contribution in [3.63, 3.8) is 0 Å². The van der Waals surface area contributed by atoms with Crippen molar-refractivity contribution in [3.8, 4) is 0 Å². The number of carbonyl (C=O) groups excluding carboxylic acids is 2. The monoisotopic (exact) mass is 327 g/mol. The van der Waals surface area contributed by atoms with Crippen LogP contribution in [-0.4, -0.2) is 60.5 Å². The van der Waals surface area contributed by atoms with Gasteiger partial charge in [-0.15, -0.1) is 0 Å². The number of nitrogens with one attached hydrogen (secondary N) is 2. The smallest absolute Gasteiger partial charge is 0.409 e. The molecule has 0 bridgehead atoms. The van der Waals surface area contributed by atoms with Gasteiger partial charge in [-0.25, -0.2) is 9.59 Å². The van der Waals surface area contributed by atoms with Crippen molar-refractivity contribution in [2.24, 2.45) is 0 Å². The van der Waals surface area contributed by atoms with Crippen LogP contribution >= 0.6 is 0 Å². The molecule has 1 aliphatic heterocycles. The first-order valence-corrected chi connectivity index (χ1v) is 8.45. The summed E-state index contributed by atoms with van der Waals surface area (Å²) < 4.78 is 10.3. The number of hydrogen-bond acceptors (Lipinski definition) is 5. The third-order valence-corrected chi connectivity index (χ3v) is 3.96. The Morgan fingerprint density at radius 1 is 1.17 bits per heavy atom. The summed E-state index contributed by atoms with van der Waals surface area (Å²) in [5.41, 5.74) is -0.470. The molecule has 0 radical (unpaired) electrons. The predicted octanol–water partition coefficient (Wildman–Crippen LogP) is 1.86. The number of rotatable bonds is 4. The Hall–Kier alpha value is -1.50. The summed E-state index contributed by atoms with van der Waals surface area (Å²) in [5, 5.41) is 6.44. The van der Waals surface area contributed by atoms with E-state index < -0.39 is 5.60 Å². The molecule has 0 aromatic carbocycles. The minimum Gasteiger partial charge on any atom is -0.450 e. The molecule has 0 aromatic rings. The number of ether oxygens (including phenoxy) is 2. The van der Waals surface area contributed by atoms with Gasteiger partial charge in [0.1, 0.15) is 5.60 Å². The first-order chi connectivity index (χ1) is 10.8. The van der Waals surface area contributed by atoms with Crippen molar-refractivity contribution in [1.29, 1.82) is 0 Å². The zero-order chi connectivity index (χ0) is 17.0. The number of hydrogen-bond donors (Lipinski definition) is 2. The molecule has 1 saturated heterocycles. The Morgan fingerprint density at radius 2 is 1.83 bits per heavy atom. The highest BCUT2D eigenvalue weighted by molar-refractivity contribution is 5.69. The summed E-state index contributed by atoms with van der Waals surface area (Å²) in [6.07, 6.45) is 2.17. The molecule has 2 aliphatic rings. The quantitative estimate of drug-likeness (QED) is 0.824. The molecule has 0 aromatic heterocycles. The highest BCUT2D eigenvalue weighted by Crippen LogP contribution is 2.24. The van der Waals surface area contributed by atoms with E-state index in [-0.39, 0.29) is 18.2 Å². The van der Waals surface area contributed by atoms with Gasteiger partial charge < -0.3 is 25.0 Å². The lowest BCUT2D eigenvalue weighted by Crippen LogP contribution is -2.47. The zero-order valence-electron chi connectivity index (χ0n) is 14.6. The van der Waals surface area contributed by atoms with Crippen LogP contribution in [0.5, 0.6) is 0 Å². The highest BCUT2D eigenvalue weighted by Gasteiger charge is 2.41. The molecule has 2 atom stereocenters. The Kier molecular flexibility index (Phi) is 5.73. The second-order valence-electron chi connectivity index (χ2n) is 7.22. The second kappa shape index (κ2) is 7.38. The number of piperidine rings is 1. The van der Waals surface area contributed by atoms with E-state index in [2.05, 4.69) is 10.6 Å². The van der Waals surface area contributed by atoms with E-state index >= 15 is 0 Å². The lowest BCUT2D eigenvalue weighted by atomic mass is 10.1. The molecule has 2 unspecified atom stereocenters. The largest absolute Gasteiger partial charge is 0.450 e. The van der Waals surface area contributed by atoms with Gasteiger partial charge in [0.2, 0.25) is 0 Å². The van der Waals surface area contributed by atoms with Gasteiger partial charge in [0.15, 0.2) is 0 Å². The van der Waals surface area contributed by atoms with E-state index in [0.29, 0.717) is 31.8 Å². The lowest BCUT2D eigenvalue weighted by molar-refractivity contribution is 0.0520. The van der Waals surface area contributed by atoms with Crippen molar-refractivity contribution in [1.82, 2.24) is 15.5 Å². The highest BCUT2D eigenvalue weighted by atomic mass is 16.6. The maximum Gasteiger partial charge on any atom is 0.409 e. The van der Waals surface area contributed by atoms with Crippen molar-refractivity contribution < 1.29 is 19.1 Å². The molecule has 1 heterocycles. The van der Waals surface area contributed by atoms with Gasteiger partial charge in [-0.2, -0.15) is 0 Å². The van der Waals surface area contributed by atoms with Gasteiger partial charge in [0.25, 0.3) is 0 Å². The van der Waals surface area contributed by atoms with Gasteiger partial charge in [0.05, 0.1) is 6.61 Å². The molecule has 1 aliphatic carbocycles. The van der Waals surface area contributed by atoms with Crippen molar-refractivity contribution in [2.75, 3.05) is 19.7 Å². The Bertz CT molecular complexity index is 428. The number of carbonyl (C=O) groups is 2. The van der Waals surface area contributed by atoms with E-state index in [1.165, 1.54) is 0 Å². The van der Waals surface area contributed by atoms with E-state index in [0.717, 1.165) is 19.3 Å². The number of nitrogens with zero attached hydrogens (tertiary/aromatic N) is 1. The van der Waals surface area contributed by atoms with Crippen LogP contribution in [0.2, 0.25) is 0 Å². The second-order valence-corrected chi connectivity index (χ2v) is 7.22. The first kappa shape index (κ1) is 17.8. The van der Waals surface area contributed by atoms with E-state index in [1.807, 2.05) is 27.7 Å². The molecular formula is C16H29N3O4. The van der Waals surface area contributed by atoms with Gasteiger partial charge >= 0.3 is 12.2 Å². The normalized spacial score (nSPS) is 25.0. The third kappa shape index (κ3) is 5.89. The van der Waals surface area contributed by atoms with E-state index in [9.17, 15) is 9.59 Å². The predicted molar refractivity (Wildman–Crippen MR) is 86.3 cm³/mol. The standard InChI is InChI=1S/C16H29N3O4/c1-5-22-15(21)19-8-6-11(7-9-19)17-12-10-13(12)18-14(20)23-16(2,3)4/h11-13,17H,5-10H2,1-4H3,(H,18,20). The van der Waals surface area contributed by atoms with Crippen molar-refractivity contribution in [2.45, 2.75) is 70.7 Å². The lowest BCUT2D eigenvalue weighted by Gasteiger charge is -2.31. The third-order valence-electron chi connectivity index (χ3n) is 3.96. The maximum absolute atomic E-state index is 11.7. The summed E-state index contributed by atoms with van der Waals surface area (Å²) in [6, 6.07) is 0.839. The number of likely N-dealkylation sites (tertiary alicyclic amines) is 1. The van der Waals surface area contributed by atoms with Gasteiger partial charge in [-0.1, -0.05) is 0 Å². The Labute approximate surface area is 138 Å².